The van der Waals surface area contributed by atoms with Gasteiger partial charge in [0, 0.05) is 50.6 Å². The van der Waals surface area contributed by atoms with Crippen LogP contribution in [0, 0.1) is 5.92 Å². The molecule has 0 radical (unpaired) electrons. The molecule has 0 saturated heterocycles. The Hall–Kier alpha value is -1.88. The molecular weight excluding hydrogens is 264 g/mol. The number of fused-ring (bicyclic) bond motifs is 1. The molecule has 21 heavy (non-hydrogen) atoms. The van der Waals surface area contributed by atoms with Crippen LogP contribution >= 0.6 is 0 Å². The minimum absolute atomic E-state index is 0.550. The van der Waals surface area contributed by atoms with Gasteiger partial charge in [-0.3, -0.25) is 0 Å². The average molecular weight is 286 g/mol. The Morgan fingerprint density at radius 2 is 2.10 bits per heavy atom. The first-order chi connectivity index (χ1) is 10.4. The highest BCUT2D eigenvalue weighted by molar-refractivity contribution is 5.31. The quantitative estimate of drug-likeness (QED) is 0.791. The number of ether oxygens (including phenoxy) is 1. The van der Waals surface area contributed by atoms with Crippen molar-refractivity contribution in [2.75, 3.05) is 24.7 Å². The lowest BCUT2D eigenvalue weighted by atomic mass is 10.1. The van der Waals surface area contributed by atoms with E-state index < -0.39 is 0 Å². The fourth-order valence-electron chi connectivity index (χ4n) is 2.86. The van der Waals surface area contributed by atoms with Crippen molar-refractivity contribution >= 4 is 5.95 Å². The lowest BCUT2D eigenvalue weighted by Gasteiger charge is -2.23. The molecule has 3 rings (SSSR count). The molecule has 1 aliphatic heterocycles. The van der Waals surface area contributed by atoms with E-state index in [2.05, 4.69) is 37.8 Å². The Labute approximate surface area is 125 Å². The predicted octanol–water partition coefficient (Wildman–Crippen LogP) is 2.34. The Morgan fingerprint density at radius 1 is 1.24 bits per heavy atom. The van der Waals surface area contributed by atoms with Crippen molar-refractivity contribution in [2.24, 2.45) is 5.92 Å². The molecule has 0 spiro atoms. The zero-order chi connectivity index (χ0) is 14.5. The third kappa shape index (κ3) is 3.42. The van der Waals surface area contributed by atoms with Crippen LogP contribution in [-0.4, -0.2) is 34.3 Å². The first-order valence-electron chi connectivity index (χ1n) is 7.60. The van der Waals surface area contributed by atoms with Gasteiger partial charge in [-0.05, 0) is 37.5 Å². The summed E-state index contributed by atoms with van der Waals surface area (Å²) in [6.45, 7) is 6.52. The van der Waals surface area contributed by atoms with Crippen LogP contribution in [0.15, 0.2) is 36.8 Å². The Morgan fingerprint density at radius 3 is 2.90 bits per heavy atom. The molecule has 5 heteroatoms. The number of nitrogens with zero attached hydrogens (tertiary/aromatic N) is 4. The van der Waals surface area contributed by atoms with Crippen LogP contribution in [0.1, 0.15) is 19.0 Å². The van der Waals surface area contributed by atoms with Crippen molar-refractivity contribution < 1.29 is 4.74 Å². The predicted molar refractivity (Wildman–Crippen MR) is 82.1 cm³/mol. The molecule has 0 N–H and O–H groups in total. The molecule has 2 aromatic rings. The average Bonchev–Trinajstić information content (AvgIpc) is 2.87. The maximum absolute atomic E-state index is 5.53. The number of rotatable bonds is 5. The van der Waals surface area contributed by atoms with E-state index in [1.807, 2.05) is 25.4 Å². The third-order valence-corrected chi connectivity index (χ3v) is 3.92. The van der Waals surface area contributed by atoms with Crippen LogP contribution < -0.4 is 4.90 Å². The minimum atomic E-state index is 0.550. The van der Waals surface area contributed by atoms with Gasteiger partial charge in [0.1, 0.15) is 0 Å². The van der Waals surface area contributed by atoms with Crippen LogP contribution in [0.25, 0.3) is 0 Å². The minimum Gasteiger partial charge on any atom is -0.382 e. The largest absolute Gasteiger partial charge is 0.382 e. The highest BCUT2D eigenvalue weighted by Gasteiger charge is 2.22. The van der Waals surface area contributed by atoms with E-state index in [0.29, 0.717) is 5.92 Å². The summed E-state index contributed by atoms with van der Waals surface area (Å²) in [5, 5.41) is 0. The van der Waals surface area contributed by atoms with Crippen LogP contribution in [0.2, 0.25) is 0 Å². The van der Waals surface area contributed by atoms with E-state index in [1.165, 1.54) is 5.69 Å². The zero-order valence-corrected chi connectivity index (χ0v) is 12.5. The Kier molecular flexibility index (Phi) is 4.50. The number of anilines is 1. The van der Waals surface area contributed by atoms with Crippen molar-refractivity contribution in [3.05, 3.63) is 42.5 Å². The molecule has 0 aromatic carbocycles. The van der Waals surface area contributed by atoms with Crippen molar-refractivity contribution in [1.29, 1.82) is 0 Å². The Bertz CT molecular complexity index is 554. The number of hydrogen-bond acceptors (Lipinski definition) is 4. The summed E-state index contributed by atoms with van der Waals surface area (Å²) in [7, 11) is 0. The van der Waals surface area contributed by atoms with Gasteiger partial charge in [-0.25, -0.2) is 9.97 Å². The smallest absolute Gasteiger partial charge is 0.225 e. The molecule has 0 fully saturated rings. The Balaban J connectivity index is 1.78. The second-order valence-corrected chi connectivity index (χ2v) is 5.43. The van der Waals surface area contributed by atoms with Gasteiger partial charge in [-0.1, -0.05) is 0 Å². The summed E-state index contributed by atoms with van der Waals surface area (Å²) in [6, 6.07) is 6.15. The summed E-state index contributed by atoms with van der Waals surface area (Å²) in [4.78, 5) is 11.1. The summed E-state index contributed by atoms with van der Waals surface area (Å²) >= 11 is 0. The normalized spacial score (nSPS) is 18.3. The fraction of sp³-hybridized carbons (Fsp3) is 0.500. The number of hydrogen-bond donors (Lipinski definition) is 0. The third-order valence-electron chi connectivity index (χ3n) is 3.92. The lowest BCUT2D eigenvalue weighted by molar-refractivity contribution is 0.130. The summed E-state index contributed by atoms with van der Waals surface area (Å²) in [5.41, 5.74) is 1.32. The molecule has 0 saturated carbocycles. The first kappa shape index (κ1) is 14.1. The van der Waals surface area contributed by atoms with Gasteiger partial charge < -0.3 is 14.2 Å². The maximum atomic E-state index is 5.53. The monoisotopic (exact) mass is 286 g/mol. The van der Waals surface area contributed by atoms with Crippen LogP contribution in [0.5, 0.6) is 0 Å². The first-order valence-corrected chi connectivity index (χ1v) is 7.60. The van der Waals surface area contributed by atoms with Crippen molar-refractivity contribution in [2.45, 2.75) is 26.4 Å². The highest BCUT2D eigenvalue weighted by atomic mass is 16.5. The van der Waals surface area contributed by atoms with E-state index >= 15 is 0 Å². The van der Waals surface area contributed by atoms with E-state index in [0.717, 1.165) is 45.2 Å². The second-order valence-electron chi connectivity index (χ2n) is 5.43. The highest BCUT2D eigenvalue weighted by Crippen LogP contribution is 2.22. The SMILES string of the molecule is CCOCC[C@H]1CN(c2ncccn2)Cc2cccn2C1. The molecule has 0 unspecified atom stereocenters. The van der Waals surface area contributed by atoms with Crippen LogP contribution in [-0.2, 0) is 17.8 Å². The van der Waals surface area contributed by atoms with Gasteiger partial charge >= 0.3 is 0 Å². The fourth-order valence-corrected chi connectivity index (χ4v) is 2.86. The summed E-state index contributed by atoms with van der Waals surface area (Å²) < 4.78 is 7.88. The van der Waals surface area contributed by atoms with Crippen LogP contribution in [0.4, 0.5) is 5.95 Å². The van der Waals surface area contributed by atoms with Crippen molar-refractivity contribution in [3.63, 3.8) is 0 Å². The molecule has 1 atom stereocenters. The summed E-state index contributed by atoms with van der Waals surface area (Å²) in [5.74, 6) is 1.36. The van der Waals surface area contributed by atoms with E-state index in [9.17, 15) is 0 Å². The topological polar surface area (TPSA) is 43.2 Å². The molecule has 5 nitrogen and oxygen atoms in total. The van der Waals surface area contributed by atoms with Crippen molar-refractivity contribution in [3.8, 4) is 0 Å². The van der Waals surface area contributed by atoms with E-state index in [-0.39, 0.29) is 0 Å². The van der Waals surface area contributed by atoms with E-state index in [1.54, 1.807) is 0 Å². The van der Waals surface area contributed by atoms with Crippen molar-refractivity contribution in [1.82, 2.24) is 14.5 Å². The maximum Gasteiger partial charge on any atom is 0.225 e. The number of aromatic nitrogens is 3. The molecule has 3 heterocycles. The van der Waals surface area contributed by atoms with Gasteiger partial charge in [0.15, 0.2) is 0 Å². The second kappa shape index (κ2) is 6.72. The lowest BCUT2D eigenvalue weighted by Crippen LogP contribution is -2.29. The summed E-state index contributed by atoms with van der Waals surface area (Å²) in [6.07, 6.45) is 6.84. The zero-order valence-electron chi connectivity index (χ0n) is 12.5. The van der Waals surface area contributed by atoms with Gasteiger partial charge in [-0.15, -0.1) is 0 Å². The van der Waals surface area contributed by atoms with Gasteiger partial charge in [0.25, 0.3) is 0 Å². The van der Waals surface area contributed by atoms with Gasteiger partial charge in [-0.2, -0.15) is 0 Å². The van der Waals surface area contributed by atoms with Gasteiger partial charge in [0.05, 0.1) is 6.54 Å². The van der Waals surface area contributed by atoms with Gasteiger partial charge in [0.2, 0.25) is 5.95 Å². The standard InChI is InChI=1S/C16H22N4O/c1-2-21-10-6-14-11-19-9-3-5-15(19)13-20(12-14)16-17-7-4-8-18-16/h3-5,7-9,14H,2,6,10-13H2,1H3/t14-/m1/s1. The molecular formula is C16H22N4O. The molecule has 1 aliphatic rings. The molecule has 0 bridgehead atoms. The van der Waals surface area contributed by atoms with E-state index in [4.69, 9.17) is 4.74 Å². The molecule has 2 aromatic heterocycles. The molecule has 0 amide bonds. The molecule has 0 aliphatic carbocycles. The molecule has 112 valence electrons. The van der Waals surface area contributed by atoms with Crippen LogP contribution in [0.3, 0.4) is 0 Å².